The average molecular weight is 384 g/mol. The van der Waals surface area contributed by atoms with Gasteiger partial charge in [0, 0.05) is 11.8 Å². The first-order chi connectivity index (χ1) is 13.1. The summed E-state index contributed by atoms with van der Waals surface area (Å²) in [4.78, 5) is 16.5. The van der Waals surface area contributed by atoms with Gasteiger partial charge in [-0.3, -0.25) is 4.79 Å². The minimum atomic E-state index is -0.333. The molecule has 1 heterocycles. The van der Waals surface area contributed by atoms with Gasteiger partial charge < -0.3 is 20.1 Å². The van der Waals surface area contributed by atoms with Gasteiger partial charge in [-0.1, -0.05) is 23.7 Å². The van der Waals surface area contributed by atoms with Gasteiger partial charge in [-0.25, -0.2) is 4.98 Å². The van der Waals surface area contributed by atoms with Crippen molar-refractivity contribution in [2.45, 2.75) is 0 Å². The molecule has 27 heavy (non-hydrogen) atoms. The highest BCUT2D eigenvalue weighted by Gasteiger charge is 2.10. The molecule has 0 fully saturated rings. The number of amides is 1. The standard InChI is InChI=1S/C20H18ClN3O3/c1-26-18-10-8-13(11-19(18)27-2)23-14-7-9-17(22-12-14)20(25)24-16-6-4-3-5-15(16)21/h3-12,23H,1-2H3,(H,24,25). The van der Waals surface area contributed by atoms with Crippen molar-refractivity contribution in [1.29, 1.82) is 0 Å². The van der Waals surface area contributed by atoms with E-state index in [1.165, 1.54) is 0 Å². The van der Waals surface area contributed by atoms with E-state index in [2.05, 4.69) is 15.6 Å². The first-order valence-corrected chi connectivity index (χ1v) is 8.49. The zero-order valence-electron chi connectivity index (χ0n) is 14.8. The fourth-order valence-corrected chi connectivity index (χ4v) is 2.61. The Hall–Kier alpha value is -3.25. The molecular weight excluding hydrogens is 366 g/mol. The van der Waals surface area contributed by atoms with Crippen molar-refractivity contribution in [3.8, 4) is 11.5 Å². The van der Waals surface area contributed by atoms with E-state index in [0.29, 0.717) is 22.2 Å². The maximum Gasteiger partial charge on any atom is 0.274 e. The van der Waals surface area contributed by atoms with Crippen LogP contribution in [-0.2, 0) is 0 Å². The highest BCUT2D eigenvalue weighted by atomic mass is 35.5. The average Bonchev–Trinajstić information content (AvgIpc) is 2.70. The number of hydrogen-bond donors (Lipinski definition) is 2. The number of para-hydroxylation sites is 1. The molecule has 0 unspecified atom stereocenters. The lowest BCUT2D eigenvalue weighted by molar-refractivity contribution is 0.102. The number of halogens is 1. The Kier molecular flexibility index (Phi) is 5.78. The summed E-state index contributed by atoms with van der Waals surface area (Å²) in [6, 6.07) is 15.9. The lowest BCUT2D eigenvalue weighted by Gasteiger charge is -2.11. The van der Waals surface area contributed by atoms with Crippen LogP contribution in [0.5, 0.6) is 11.5 Å². The van der Waals surface area contributed by atoms with Gasteiger partial charge in [0.2, 0.25) is 0 Å². The summed E-state index contributed by atoms with van der Waals surface area (Å²) in [5.74, 6) is 0.930. The predicted molar refractivity (Wildman–Crippen MR) is 106 cm³/mol. The van der Waals surface area contributed by atoms with Crippen LogP contribution in [0.1, 0.15) is 10.5 Å². The number of benzene rings is 2. The summed E-state index contributed by atoms with van der Waals surface area (Å²) in [5.41, 5.74) is 2.37. The Labute approximate surface area is 162 Å². The highest BCUT2D eigenvalue weighted by molar-refractivity contribution is 6.33. The van der Waals surface area contributed by atoms with Crippen molar-refractivity contribution in [3.63, 3.8) is 0 Å². The van der Waals surface area contributed by atoms with Crippen molar-refractivity contribution >= 4 is 34.6 Å². The van der Waals surface area contributed by atoms with Gasteiger partial charge in [-0.15, -0.1) is 0 Å². The van der Waals surface area contributed by atoms with E-state index in [4.69, 9.17) is 21.1 Å². The van der Waals surface area contributed by atoms with E-state index in [0.717, 1.165) is 11.4 Å². The molecule has 0 spiro atoms. The van der Waals surface area contributed by atoms with Gasteiger partial charge in [0.1, 0.15) is 5.69 Å². The number of nitrogens with one attached hydrogen (secondary N) is 2. The normalized spacial score (nSPS) is 10.2. The zero-order valence-corrected chi connectivity index (χ0v) is 15.6. The van der Waals surface area contributed by atoms with Gasteiger partial charge in [0.15, 0.2) is 11.5 Å². The minimum Gasteiger partial charge on any atom is -0.493 e. The van der Waals surface area contributed by atoms with Crippen molar-refractivity contribution in [1.82, 2.24) is 4.98 Å². The summed E-state index contributed by atoms with van der Waals surface area (Å²) in [6.07, 6.45) is 1.58. The number of ether oxygens (including phenoxy) is 2. The summed E-state index contributed by atoms with van der Waals surface area (Å²) in [5, 5.41) is 6.41. The Balaban J connectivity index is 1.70. The summed E-state index contributed by atoms with van der Waals surface area (Å²) >= 11 is 6.05. The molecule has 0 radical (unpaired) electrons. The lowest BCUT2D eigenvalue weighted by Crippen LogP contribution is -2.13. The number of aromatic nitrogens is 1. The Bertz CT molecular complexity index is 945. The van der Waals surface area contributed by atoms with Gasteiger partial charge in [-0.05, 0) is 36.4 Å². The summed E-state index contributed by atoms with van der Waals surface area (Å²) < 4.78 is 10.5. The number of hydrogen-bond acceptors (Lipinski definition) is 5. The number of carbonyl (C=O) groups is 1. The van der Waals surface area contributed by atoms with Crippen LogP contribution in [-0.4, -0.2) is 25.1 Å². The van der Waals surface area contributed by atoms with Crippen molar-refractivity contribution in [2.24, 2.45) is 0 Å². The van der Waals surface area contributed by atoms with Crippen LogP contribution in [0, 0.1) is 0 Å². The fraction of sp³-hybridized carbons (Fsp3) is 0.100. The quantitative estimate of drug-likeness (QED) is 0.642. The third-order valence-corrected chi connectivity index (χ3v) is 4.12. The topological polar surface area (TPSA) is 72.5 Å². The van der Waals surface area contributed by atoms with Crippen LogP contribution >= 0.6 is 11.6 Å². The Morgan fingerprint density at radius 2 is 1.70 bits per heavy atom. The first kappa shape index (κ1) is 18.5. The van der Waals surface area contributed by atoms with E-state index in [1.54, 1.807) is 62.9 Å². The SMILES string of the molecule is COc1ccc(Nc2ccc(C(=O)Nc3ccccc3Cl)nc2)cc1OC. The molecule has 0 saturated carbocycles. The predicted octanol–water partition coefficient (Wildman–Crippen LogP) is 4.75. The van der Waals surface area contributed by atoms with Crippen molar-refractivity contribution in [2.75, 3.05) is 24.9 Å². The van der Waals surface area contributed by atoms with Crippen LogP contribution in [0.15, 0.2) is 60.8 Å². The molecule has 0 aliphatic rings. The van der Waals surface area contributed by atoms with Crippen molar-refractivity contribution < 1.29 is 14.3 Å². The fourth-order valence-electron chi connectivity index (χ4n) is 2.43. The third kappa shape index (κ3) is 4.48. The van der Waals surface area contributed by atoms with Crippen LogP contribution in [0.4, 0.5) is 17.1 Å². The third-order valence-electron chi connectivity index (χ3n) is 3.79. The van der Waals surface area contributed by atoms with Crippen LogP contribution in [0.2, 0.25) is 5.02 Å². The first-order valence-electron chi connectivity index (χ1n) is 8.11. The van der Waals surface area contributed by atoms with E-state index in [-0.39, 0.29) is 11.6 Å². The zero-order chi connectivity index (χ0) is 19.2. The molecule has 2 aromatic carbocycles. The molecule has 0 saturated heterocycles. The minimum absolute atomic E-state index is 0.285. The Morgan fingerprint density at radius 1 is 0.963 bits per heavy atom. The second kappa shape index (κ2) is 8.42. The Morgan fingerprint density at radius 3 is 2.37 bits per heavy atom. The highest BCUT2D eigenvalue weighted by Crippen LogP contribution is 2.31. The van der Waals surface area contributed by atoms with Gasteiger partial charge in [0.25, 0.3) is 5.91 Å². The molecular formula is C20H18ClN3O3. The molecule has 2 N–H and O–H groups in total. The van der Waals surface area contributed by atoms with E-state index < -0.39 is 0 Å². The maximum atomic E-state index is 12.3. The molecule has 1 amide bonds. The lowest BCUT2D eigenvalue weighted by atomic mass is 10.2. The van der Waals surface area contributed by atoms with Crippen LogP contribution in [0.25, 0.3) is 0 Å². The molecule has 3 aromatic rings. The van der Waals surface area contributed by atoms with Gasteiger partial charge in [-0.2, -0.15) is 0 Å². The number of nitrogens with zero attached hydrogens (tertiary/aromatic N) is 1. The molecule has 0 aliphatic heterocycles. The number of anilines is 3. The number of carbonyl (C=O) groups excluding carboxylic acids is 1. The molecule has 0 bridgehead atoms. The van der Waals surface area contributed by atoms with E-state index >= 15 is 0 Å². The van der Waals surface area contributed by atoms with E-state index in [9.17, 15) is 4.79 Å². The molecule has 1 aromatic heterocycles. The van der Waals surface area contributed by atoms with Gasteiger partial charge in [0.05, 0.1) is 36.8 Å². The molecule has 0 aliphatic carbocycles. The molecule has 6 nitrogen and oxygen atoms in total. The number of methoxy groups -OCH3 is 2. The van der Waals surface area contributed by atoms with Gasteiger partial charge >= 0.3 is 0 Å². The number of pyridine rings is 1. The van der Waals surface area contributed by atoms with Crippen LogP contribution in [0.3, 0.4) is 0 Å². The number of rotatable bonds is 6. The van der Waals surface area contributed by atoms with Crippen LogP contribution < -0.4 is 20.1 Å². The monoisotopic (exact) mass is 383 g/mol. The molecule has 138 valence electrons. The summed E-state index contributed by atoms with van der Waals surface area (Å²) in [7, 11) is 3.16. The molecule has 7 heteroatoms. The second-order valence-corrected chi connectivity index (χ2v) is 5.97. The summed E-state index contributed by atoms with van der Waals surface area (Å²) in [6.45, 7) is 0. The largest absolute Gasteiger partial charge is 0.493 e. The molecule has 0 atom stereocenters. The molecule has 3 rings (SSSR count). The maximum absolute atomic E-state index is 12.3. The van der Waals surface area contributed by atoms with E-state index in [1.807, 2.05) is 12.1 Å². The smallest absolute Gasteiger partial charge is 0.274 e. The second-order valence-electron chi connectivity index (χ2n) is 5.56. The van der Waals surface area contributed by atoms with Crippen molar-refractivity contribution in [3.05, 3.63) is 71.5 Å².